The number of ether oxygens (including phenoxy) is 1. The van der Waals surface area contributed by atoms with Crippen LogP contribution in [0.2, 0.25) is 0 Å². The van der Waals surface area contributed by atoms with Gasteiger partial charge in [0.25, 0.3) is 0 Å². The van der Waals surface area contributed by atoms with Gasteiger partial charge >= 0.3 is 0 Å². The van der Waals surface area contributed by atoms with E-state index in [1.807, 2.05) is 18.2 Å². The van der Waals surface area contributed by atoms with Crippen LogP contribution in [0.3, 0.4) is 0 Å². The molecule has 0 atom stereocenters. The molecule has 0 bridgehead atoms. The highest BCUT2D eigenvalue weighted by atomic mass is 16.5. The first-order chi connectivity index (χ1) is 7.34. The van der Waals surface area contributed by atoms with Crippen LogP contribution in [0.5, 0.6) is 5.75 Å². The zero-order valence-electron chi connectivity index (χ0n) is 8.66. The van der Waals surface area contributed by atoms with Crippen molar-refractivity contribution in [1.82, 2.24) is 0 Å². The molecule has 1 aliphatic heterocycles. The Labute approximate surface area is 89.2 Å². The monoisotopic (exact) mass is 202 g/mol. The SMILES string of the molecule is O=C(c1ccc2c(c1)CCCO2)C1CC1. The van der Waals surface area contributed by atoms with Crippen molar-refractivity contribution in [3.63, 3.8) is 0 Å². The molecule has 1 aromatic carbocycles. The van der Waals surface area contributed by atoms with E-state index in [1.54, 1.807) is 0 Å². The van der Waals surface area contributed by atoms with Crippen molar-refractivity contribution in [2.45, 2.75) is 25.7 Å². The Morgan fingerprint density at radius 3 is 3.00 bits per heavy atom. The van der Waals surface area contributed by atoms with Crippen LogP contribution in [-0.4, -0.2) is 12.4 Å². The first kappa shape index (κ1) is 8.96. The predicted octanol–water partition coefficient (Wildman–Crippen LogP) is 2.60. The maximum Gasteiger partial charge on any atom is 0.165 e. The highest BCUT2D eigenvalue weighted by Gasteiger charge is 2.30. The summed E-state index contributed by atoms with van der Waals surface area (Å²) in [7, 11) is 0. The first-order valence-electron chi connectivity index (χ1n) is 5.64. The zero-order valence-corrected chi connectivity index (χ0v) is 8.66. The summed E-state index contributed by atoms with van der Waals surface area (Å²) in [6, 6.07) is 5.88. The number of carbonyl (C=O) groups excluding carboxylic acids is 1. The minimum atomic E-state index is 0.313. The van der Waals surface area contributed by atoms with Crippen molar-refractivity contribution in [1.29, 1.82) is 0 Å². The lowest BCUT2D eigenvalue weighted by atomic mass is 10.00. The molecule has 0 spiro atoms. The van der Waals surface area contributed by atoms with E-state index in [4.69, 9.17) is 4.74 Å². The molecule has 78 valence electrons. The van der Waals surface area contributed by atoms with Crippen molar-refractivity contribution in [3.05, 3.63) is 29.3 Å². The minimum Gasteiger partial charge on any atom is -0.493 e. The van der Waals surface area contributed by atoms with Crippen LogP contribution in [-0.2, 0) is 6.42 Å². The summed E-state index contributed by atoms with van der Waals surface area (Å²) in [6.45, 7) is 0.808. The molecular weight excluding hydrogens is 188 g/mol. The molecule has 0 aromatic heterocycles. The van der Waals surface area contributed by atoms with E-state index >= 15 is 0 Å². The Morgan fingerprint density at radius 1 is 1.33 bits per heavy atom. The number of ketones is 1. The molecule has 2 nitrogen and oxygen atoms in total. The summed E-state index contributed by atoms with van der Waals surface area (Å²) in [5, 5.41) is 0. The zero-order chi connectivity index (χ0) is 10.3. The molecule has 1 heterocycles. The Balaban J connectivity index is 1.92. The number of aryl methyl sites for hydroxylation is 1. The number of carbonyl (C=O) groups is 1. The minimum absolute atomic E-state index is 0.313. The van der Waals surface area contributed by atoms with Gasteiger partial charge in [-0.1, -0.05) is 0 Å². The molecule has 1 fully saturated rings. The summed E-state index contributed by atoms with van der Waals surface area (Å²) < 4.78 is 5.52. The van der Waals surface area contributed by atoms with Crippen molar-refractivity contribution >= 4 is 5.78 Å². The Kier molecular flexibility index (Phi) is 2.01. The van der Waals surface area contributed by atoms with E-state index in [0.29, 0.717) is 11.7 Å². The molecular formula is C13H14O2. The summed E-state index contributed by atoms with van der Waals surface area (Å²) in [5.41, 5.74) is 2.08. The Morgan fingerprint density at radius 2 is 2.20 bits per heavy atom. The number of fused-ring (bicyclic) bond motifs is 1. The largest absolute Gasteiger partial charge is 0.493 e. The van der Waals surface area contributed by atoms with E-state index in [-0.39, 0.29) is 0 Å². The van der Waals surface area contributed by atoms with Crippen molar-refractivity contribution in [3.8, 4) is 5.75 Å². The number of Topliss-reactive ketones (excluding diaryl/α,β-unsaturated/α-hetero) is 1. The maximum atomic E-state index is 11.9. The molecule has 2 heteroatoms. The summed E-state index contributed by atoms with van der Waals surface area (Å²) in [4.78, 5) is 11.9. The van der Waals surface area contributed by atoms with Gasteiger partial charge < -0.3 is 4.74 Å². The normalized spacial score (nSPS) is 19.2. The van der Waals surface area contributed by atoms with E-state index in [9.17, 15) is 4.79 Å². The summed E-state index contributed by atoms with van der Waals surface area (Å²) in [5.74, 6) is 1.60. The lowest BCUT2D eigenvalue weighted by Crippen LogP contribution is -2.10. The van der Waals surface area contributed by atoms with Gasteiger partial charge in [0.15, 0.2) is 5.78 Å². The molecule has 0 saturated heterocycles. The second-order valence-corrected chi connectivity index (χ2v) is 4.41. The van der Waals surface area contributed by atoms with Crippen molar-refractivity contribution in [2.24, 2.45) is 5.92 Å². The van der Waals surface area contributed by atoms with Crippen LogP contribution in [0.25, 0.3) is 0 Å². The fraction of sp³-hybridized carbons (Fsp3) is 0.462. The number of benzene rings is 1. The van der Waals surface area contributed by atoms with Crippen LogP contribution in [0.4, 0.5) is 0 Å². The molecule has 3 rings (SSSR count). The topological polar surface area (TPSA) is 26.3 Å². The molecule has 0 radical (unpaired) electrons. The molecule has 1 saturated carbocycles. The third-order valence-electron chi connectivity index (χ3n) is 3.14. The molecule has 2 aliphatic rings. The van der Waals surface area contributed by atoms with Gasteiger partial charge in [-0.3, -0.25) is 4.79 Å². The highest BCUT2D eigenvalue weighted by molar-refractivity contribution is 5.99. The van der Waals surface area contributed by atoms with Crippen LogP contribution < -0.4 is 4.74 Å². The van der Waals surface area contributed by atoms with Gasteiger partial charge in [-0.05, 0) is 49.4 Å². The fourth-order valence-corrected chi connectivity index (χ4v) is 2.09. The van der Waals surface area contributed by atoms with Crippen LogP contribution in [0.1, 0.15) is 35.2 Å². The average molecular weight is 202 g/mol. The van der Waals surface area contributed by atoms with E-state index in [2.05, 4.69) is 0 Å². The average Bonchev–Trinajstić information content (AvgIpc) is 3.11. The first-order valence-corrected chi connectivity index (χ1v) is 5.64. The Bertz CT molecular complexity index is 405. The fourth-order valence-electron chi connectivity index (χ4n) is 2.09. The van der Waals surface area contributed by atoms with Crippen LogP contribution >= 0.6 is 0 Å². The highest BCUT2D eigenvalue weighted by Crippen LogP contribution is 2.34. The van der Waals surface area contributed by atoms with E-state index in [0.717, 1.165) is 43.6 Å². The van der Waals surface area contributed by atoms with E-state index < -0.39 is 0 Å². The summed E-state index contributed by atoms with van der Waals surface area (Å²) >= 11 is 0. The molecule has 0 unspecified atom stereocenters. The van der Waals surface area contributed by atoms with Gasteiger partial charge in [0.05, 0.1) is 6.61 Å². The molecule has 1 aliphatic carbocycles. The van der Waals surface area contributed by atoms with Gasteiger partial charge in [-0.25, -0.2) is 0 Å². The second-order valence-electron chi connectivity index (χ2n) is 4.41. The summed E-state index contributed by atoms with van der Waals surface area (Å²) in [6.07, 6.45) is 4.26. The van der Waals surface area contributed by atoms with Gasteiger partial charge in [0.2, 0.25) is 0 Å². The smallest absolute Gasteiger partial charge is 0.165 e. The third-order valence-corrected chi connectivity index (χ3v) is 3.14. The second kappa shape index (κ2) is 3.37. The quantitative estimate of drug-likeness (QED) is 0.689. The van der Waals surface area contributed by atoms with Gasteiger partial charge in [-0.2, -0.15) is 0 Å². The van der Waals surface area contributed by atoms with Crippen molar-refractivity contribution in [2.75, 3.05) is 6.61 Å². The lowest BCUT2D eigenvalue weighted by Gasteiger charge is -2.17. The standard InChI is InChI=1S/C13H14O2/c14-13(9-3-4-9)11-5-6-12-10(8-11)2-1-7-15-12/h5-6,8-9H,1-4,7H2. The molecule has 0 N–H and O–H groups in total. The number of rotatable bonds is 2. The molecule has 0 amide bonds. The van der Waals surface area contributed by atoms with Gasteiger partial charge in [0.1, 0.15) is 5.75 Å². The van der Waals surface area contributed by atoms with Crippen LogP contribution in [0, 0.1) is 5.92 Å². The van der Waals surface area contributed by atoms with Gasteiger partial charge in [0, 0.05) is 11.5 Å². The van der Waals surface area contributed by atoms with Crippen molar-refractivity contribution < 1.29 is 9.53 Å². The number of hydrogen-bond donors (Lipinski definition) is 0. The number of hydrogen-bond acceptors (Lipinski definition) is 2. The lowest BCUT2D eigenvalue weighted by molar-refractivity contribution is 0.0967. The third kappa shape index (κ3) is 1.65. The predicted molar refractivity (Wildman–Crippen MR) is 57.3 cm³/mol. The Hall–Kier alpha value is -1.31. The maximum absolute atomic E-state index is 11.9. The van der Waals surface area contributed by atoms with Crippen LogP contribution in [0.15, 0.2) is 18.2 Å². The van der Waals surface area contributed by atoms with E-state index in [1.165, 1.54) is 5.56 Å². The molecule has 1 aromatic rings. The van der Waals surface area contributed by atoms with Gasteiger partial charge in [-0.15, -0.1) is 0 Å². The molecule has 15 heavy (non-hydrogen) atoms.